The second-order valence-electron chi connectivity index (χ2n) is 4.06. The van der Waals surface area contributed by atoms with Gasteiger partial charge in [-0.2, -0.15) is 5.10 Å². The fourth-order valence-corrected chi connectivity index (χ4v) is 2.26. The Morgan fingerprint density at radius 3 is 2.84 bits per heavy atom. The van der Waals surface area contributed by atoms with Gasteiger partial charge < -0.3 is 9.84 Å². The van der Waals surface area contributed by atoms with E-state index in [0.717, 1.165) is 15.8 Å². The Morgan fingerprint density at radius 2 is 2.26 bits per heavy atom. The van der Waals surface area contributed by atoms with Gasteiger partial charge in [0.2, 0.25) is 0 Å². The van der Waals surface area contributed by atoms with Gasteiger partial charge in [0.25, 0.3) is 0 Å². The van der Waals surface area contributed by atoms with Gasteiger partial charge in [-0.05, 0) is 25.1 Å². The predicted octanol–water partition coefficient (Wildman–Crippen LogP) is 2.71. The maximum Gasteiger partial charge on any atom is 0.339 e. The average molecular weight is 325 g/mol. The van der Waals surface area contributed by atoms with Crippen molar-refractivity contribution in [1.82, 2.24) is 9.78 Å². The van der Waals surface area contributed by atoms with E-state index < -0.39 is 5.97 Å². The van der Waals surface area contributed by atoms with Gasteiger partial charge in [0.15, 0.2) is 0 Å². The average Bonchev–Trinajstić information content (AvgIpc) is 2.71. The minimum atomic E-state index is -0.968. The lowest BCUT2D eigenvalue weighted by Crippen LogP contribution is -2.07. The summed E-state index contributed by atoms with van der Waals surface area (Å²) in [6.07, 6.45) is 1.36. The number of ether oxygens (including phenoxy) is 1. The molecular weight excluding hydrogens is 312 g/mol. The van der Waals surface area contributed by atoms with Crippen molar-refractivity contribution in [3.8, 4) is 5.75 Å². The standard InChI is InChI=1S/C13H13BrN2O3/c1-8-11(13(17)18)6-15-16(8)7-9-5-10(14)3-4-12(9)19-2/h3-6H,7H2,1-2H3,(H,17,18). The second kappa shape index (κ2) is 5.44. The lowest BCUT2D eigenvalue weighted by atomic mass is 10.2. The highest BCUT2D eigenvalue weighted by atomic mass is 79.9. The van der Waals surface area contributed by atoms with E-state index in [9.17, 15) is 4.79 Å². The summed E-state index contributed by atoms with van der Waals surface area (Å²) in [5, 5.41) is 13.1. The third kappa shape index (κ3) is 2.78. The van der Waals surface area contributed by atoms with Crippen molar-refractivity contribution in [2.45, 2.75) is 13.5 Å². The molecule has 0 unspecified atom stereocenters. The molecule has 6 heteroatoms. The largest absolute Gasteiger partial charge is 0.496 e. The van der Waals surface area contributed by atoms with Gasteiger partial charge in [-0.25, -0.2) is 4.79 Å². The Kier molecular flexibility index (Phi) is 3.90. The van der Waals surface area contributed by atoms with Crippen molar-refractivity contribution in [3.05, 3.63) is 45.7 Å². The highest BCUT2D eigenvalue weighted by Gasteiger charge is 2.14. The molecule has 0 saturated heterocycles. The molecular formula is C13H13BrN2O3. The molecule has 0 saturated carbocycles. The molecule has 2 aromatic rings. The van der Waals surface area contributed by atoms with Crippen LogP contribution in [0.2, 0.25) is 0 Å². The number of carbonyl (C=O) groups is 1. The molecule has 0 radical (unpaired) electrons. The Labute approximate surface area is 118 Å². The summed E-state index contributed by atoms with van der Waals surface area (Å²) in [5.41, 5.74) is 1.77. The van der Waals surface area contributed by atoms with Gasteiger partial charge >= 0.3 is 5.97 Å². The van der Waals surface area contributed by atoms with Crippen LogP contribution in [-0.4, -0.2) is 28.0 Å². The SMILES string of the molecule is COc1ccc(Br)cc1Cn1ncc(C(=O)O)c1C. The third-order valence-corrected chi connectivity index (χ3v) is 3.39. The quantitative estimate of drug-likeness (QED) is 0.939. The maximum absolute atomic E-state index is 11.0. The Bertz CT molecular complexity index is 622. The van der Waals surface area contributed by atoms with Gasteiger partial charge in [0, 0.05) is 10.0 Å². The van der Waals surface area contributed by atoms with Crippen molar-refractivity contribution in [2.75, 3.05) is 7.11 Å². The third-order valence-electron chi connectivity index (χ3n) is 2.90. The van der Waals surface area contributed by atoms with Crippen LogP contribution < -0.4 is 4.74 Å². The smallest absolute Gasteiger partial charge is 0.339 e. The van der Waals surface area contributed by atoms with Gasteiger partial charge in [-0.15, -0.1) is 0 Å². The first-order chi connectivity index (χ1) is 9.02. The lowest BCUT2D eigenvalue weighted by molar-refractivity contribution is 0.0696. The van der Waals surface area contributed by atoms with Gasteiger partial charge in [-0.3, -0.25) is 4.68 Å². The molecule has 1 N–H and O–H groups in total. The number of methoxy groups -OCH3 is 1. The summed E-state index contributed by atoms with van der Waals surface area (Å²) >= 11 is 3.41. The van der Waals surface area contributed by atoms with Crippen molar-refractivity contribution in [3.63, 3.8) is 0 Å². The Hall–Kier alpha value is -1.82. The topological polar surface area (TPSA) is 64.4 Å². The first-order valence-electron chi connectivity index (χ1n) is 5.61. The van der Waals surface area contributed by atoms with Gasteiger partial charge in [-0.1, -0.05) is 15.9 Å². The maximum atomic E-state index is 11.0. The summed E-state index contributed by atoms with van der Waals surface area (Å²) in [6, 6.07) is 5.68. The monoisotopic (exact) mass is 324 g/mol. The van der Waals surface area contributed by atoms with Crippen LogP contribution in [0.1, 0.15) is 21.6 Å². The molecule has 100 valence electrons. The number of hydrogen-bond acceptors (Lipinski definition) is 3. The summed E-state index contributed by atoms with van der Waals surface area (Å²) in [5.74, 6) is -0.222. The zero-order valence-electron chi connectivity index (χ0n) is 10.6. The first kappa shape index (κ1) is 13.6. The number of halogens is 1. The number of hydrogen-bond donors (Lipinski definition) is 1. The minimum Gasteiger partial charge on any atom is -0.496 e. The van der Waals surface area contributed by atoms with Gasteiger partial charge in [0.05, 0.1) is 25.5 Å². The van der Waals surface area contributed by atoms with Crippen molar-refractivity contribution in [1.29, 1.82) is 0 Å². The minimum absolute atomic E-state index is 0.217. The zero-order chi connectivity index (χ0) is 14.0. The summed E-state index contributed by atoms with van der Waals surface area (Å²) in [4.78, 5) is 11.0. The van der Waals surface area contributed by atoms with Crippen LogP contribution in [0.5, 0.6) is 5.75 Å². The van der Waals surface area contributed by atoms with Crippen LogP contribution in [0.4, 0.5) is 0 Å². The van der Waals surface area contributed by atoms with E-state index in [1.165, 1.54) is 6.20 Å². The van der Waals surface area contributed by atoms with Crippen LogP contribution >= 0.6 is 15.9 Å². The molecule has 19 heavy (non-hydrogen) atoms. The molecule has 0 aliphatic carbocycles. The highest BCUT2D eigenvalue weighted by molar-refractivity contribution is 9.10. The van der Waals surface area contributed by atoms with E-state index in [-0.39, 0.29) is 5.56 Å². The predicted molar refractivity (Wildman–Crippen MR) is 73.7 cm³/mol. The van der Waals surface area contributed by atoms with Crippen LogP contribution in [0.3, 0.4) is 0 Å². The number of carboxylic acid groups (broad SMARTS) is 1. The first-order valence-corrected chi connectivity index (χ1v) is 6.40. The molecule has 0 spiro atoms. The molecule has 1 heterocycles. The van der Waals surface area contributed by atoms with E-state index in [1.54, 1.807) is 18.7 Å². The van der Waals surface area contributed by atoms with E-state index in [1.807, 2.05) is 18.2 Å². The van der Waals surface area contributed by atoms with Crippen LogP contribution in [0, 0.1) is 6.92 Å². The Balaban J connectivity index is 2.36. The van der Waals surface area contributed by atoms with Crippen molar-refractivity contribution < 1.29 is 14.6 Å². The fourth-order valence-electron chi connectivity index (χ4n) is 1.85. The number of nitrogens with zero attached hydrogens (tertiary/aromatic N) is 2. The molecule has 0 atom stereocenters. The summed E-state index contributed by atoms with van der Waals surface area (Å²) in [6.45, 7) is 2.20. The van der Waals surface area contributed by atoms with Gasteiger partial charge in [0.1, 0.15) is 11.3 Å². The summed E-state index contributed by atoms with van der Waals surface area (Å²) in [7, 11) is 1.60. The van der Waals surface area contributed by atoms with Crippen LogP contribution in [-0.2, 0) is 6.54 Å². The van der Waals surface area contributed by atoms with Crippen molar-refractivity contribution >= 4 is 21.9 Å². The van der Waals surface area contributed by atoms with Crippen molar-refractivity contribution in [2.24, 2.45) is 0 Å². The van der Waals surface area contributed by atoms with Crippen LogP contribution in [0.15, 0.2) is 28.9 Å². The molecule has 0 fully saturated rings. The number of benzene rings is 1. The number of aromatic carboxylic acids is 1. The fraction of sp³-hybridized carbons (Fsp3) is 0.231. The molecule has 0 aliphatic rings. The second-order valence-corrected chi connectivity index (χ2v) is 4.98. The number of aromatic nitrogens is 2. The molecule has 0 aliphatic heterocycles. The van der Waals surface area contributed by atoms with E-state index in [0.29, 0.717) is 12.2 Å². The zero-order valence-corrected chi connectivity index (χ0v) is 12.1. The molecule has 0 amide bonds. The Morgan fingerprint density at radius 1 is 1.53 bits per heavy atom. The lowest BCUT2D eigenvalue weighted by Gasteiger charge is -2.10. The molecule has 5 nitrogen and oxygen atoms in total. The number of carboxylic acids is 1. The van der Waals surface area contributed by atoms with E-state index >= 15 is 0 Å². The molecule has 2 rings (SSSR count). The molecule has 1 aromatic heterocycles. The molecule has 0 bridgehead atoms. The van der Waals surface area contributed by atoms with E-state index in [2.05, 4.69) is 21.0 Å². The highest BCUT2D eigenvalue weighted by Crippen LogP contribution is 2.24. The number of rotatable bonds is 4. The molecule has 1 aromatic carbocycles. The summed E-state index contributed by atoms with van der Waals surface area (Å²) < 4.78 is 7.87. The normalized spacial score (nSPS) is 10.5. The van der Waals surface area contributed by atoms with E-state index in [4.69, 9.17) is 9.84 Å². The van der Waals surface area contributed by atoms with Crippen LogP contribution in [0.25, 0.3) is 0 Å².